The van der Waals surface area contributed by atoms with Crippen molar-refractivity contribution in [1.82, 2.24) is 10.2 Å². The topological polar surface area (TPSA) is 32.3 Å². The van der Waals surface area contributed by atoms with E-state index in [1.807, 2.05) is 24.6 Å². The summed E-state index contributed by atoms with van der Waals surface area (Å²) in [5.41, 5.74) is 3.31. The number of amides is 1. The summed E-state index contributed by atoms with van der Waals surface area (Å²) in [4.78, 5) is 15.4. The molecule has 3 rings (SSSR count). The molecule has 21 heavy (non-hydrogen) atoms. The van der Waals surface area contributed by atoms with Gasteiger partial charge in [0.25, 0.3) is 5.91 Å². The number of thiophene rings is 1. The van der Waals surface area contributed by atoms with E-state index < -0.39 is 0 Å². The second kappa shape index (κ2) is 6.92. The summed E-state index contributed by atoms with van der Waals surface area (Å²) in [7, 11) is 1.85. The third-order valence-corrected chi connectivity index (χ3v) is 5.13. The molecule has 1 aromatic carbocycles. The highest BCUT2D eigenvalue weighted by Crippen LogP contribution is 2.22. The molecule has 1 N–H and O–H groups in total. The SMILES string of the molecule is CN(Cc1cc(Br)cs1)C(=O)c1ccc2c(c1)CNC2.Cl. The smallest absolute Gasteiger partial charge is 0.253 e. The largest absolute Gasteiger partial charge is 0.337 e. The minimum Gasteiger partial charge on any atom is -0.337 e. The molecule has 2 aromatic rings. The molecular formula is C15H16BrClN2OS. The molecule has 0 spiro atoms. The summed E-state index contributed by atoms with van der Waals surface area (Å²) in [6.07, 6.45) is 0. The van der Waals surface area contributed by atoms with Crippen molar-refractivity contribution in [3.63, 3.8) is 0 Å². The highest BCUT2D eigenvalue weighted by molar-refractivity contribution is 9.10. The first-order chi connectivity index (χ1) is 9.63. The van der Waals surface area contributed by atoms with Gasteiger partial charge in [0.1, 0.15) is 0 Å². The zero-order valence-electron chi connectivity index (χ0n) is 11.6. The number of hydrogen-bond donors (Lipinski definition) is 1. The summed E-state index contributed by atoms with van der Waals surface area (Å²) in [6, 6.07) is 8.05. The van der Waals surface area contributed by atoms with Crippen molar-refractivity contribution in [1.29, 1.82) is 0 Å². The second-order valence-electron chi connectivity index (χ2n) is 4.98. The van der Waals surface area contributed by atoms with Crippen LogP contribution < -0.4 is 5.32 Å². The molecular weight excluding hydrogens is 372 g/mol. The number of nitrogens with one attached hydrogen (secondary N) is 1. The van der Waals surface area contributed by atoms with Gasteiger partial charge in [-0.15, -0.1) is 23.7 Å². The van der Waals surface area contributed by atoms with Crippen molar-refractivity contribution in [2.45, 2.75) is 19.6 Å². The van der Waals surface area contributed by atoms with Gasteiger partial charge in [-0.05, 0) is 45.3 Å². The normalized spacial score (nSPS) is 12.7. The van der Waals surface area contributed by atoms with E-state index in [-0.39, 0.29) is 18.3 Å². The monoisotopic (exact) mass is 386 g/mol. The number of fused-ring (bicyclic) bond motifs is 1. The Morgan fingerprint density at radius 1 is 1.33 bits per heavy atom. The van der Waals surface area contributed by atoms with E-state index in [9.17, 15) is 4.79 Å². The van der Waals surface area contributed by atoms with Crippen LogP contribution >= 0.6 is 39.7 Å². The summed E-state index contributed by atoms with van der Waals surface area (Å²) in [6.45, 7) is 2.41. The Hall–Kier alpha value is -0.880. The average molecular weight is 388 g/mol. The van der Waals surface area contributed by atoms with Crippen molar-refractivity contribution < 1.29 is 4.79 Å². The number of carbonyl (C=O) groups is 1. The molecule has 0 aliphatic carbocycles. The molecule has 0 unspecified atom stereocenters. The van der Waals surface area contributed by atoms with Gasteiger partial charge in [0, 0.05) is 40.4 Å². The van der Waals surface area contributed by atoms with Gasteiger partial charge in [0.05, 0.1) is 6.54 Å². The van der Waals surface area contributed by atoms with Gasteiger partial charge >= 0.3 is 0 Å². The molecule has 2 heterocycles. The predicted octanol–water partition coefficient (Wildman–Crippen LogP) is 3.81. The molecule has 0 fully saturated rings. The quantitative estimate of drug-likeness (QED) is 0.868. The van der Waals surface area contributed by atoms with E-state index in [0.29, 0.717) is 6.54 Å². The molecule has 0 saturated carbocycles. The Labute approximate surface area is 142 Å². The van der Waals surface area contributed by atoms with Crippen molar-refractivity contribution in [3.8, 4) is 0 Å². The zero-order chi connectivity index (χ0) is 14.1. The minimum absolute atomic E-state index is 0. The lowest BCUT2D eigenvalue weighted by molar-refractivity contribution is 0.0786. The van der Waals surface area contributed by atoms with Crippen LogP contribution in [0.3, 0.4) is 0 Å². The maximum absolute atomic E-state index is 12.5. The summed E-state index contributed by atoms with van der Waals surface area (Å²) >= 11 is 5.10. The number of rotatable bonds is 3. The molecule has 112 valence electrons. The minimum atomic E-state index is 0. The first-order valence-corrected chi connectivity index (χ1v) is 8.11. The molecule has 0 atom stereocenters. The van der Waals surface area contributed by atoms with Crippen molar-refractivity contribution >= 4 is 45.6 Å². The molecule has 0 bridgehead atoms. The molecule has 1 amide bonds. The Kier molecular flexibility index (Phi) is 5.43. The van der Waals surface area contributed by atoms with E-state index in [4.69, 9.17) is 0 Å². The van der Waals surface area contributed by atoms with E-state index in [1.54, 1.807) is 16.2 Å². The lowest BCUT2D eigenvalue weighted by Crippen LogP contribution is -2.25. The summed E-state index contributed by atoms with van der Waals surface area (Å²) in [5, 5.41) is 5.33. The van der Waals surface area contributed by atoms with Crippen molar-refractivity contribution in [2.75, 3.05) is 7.05 Å². The standard InChI is InChI=1S/C15H15BrN2OS.ClH/c1-18(8-14-5-13(16)9-20-14)15(19)10-2-3-11-6-17-7-12(11)4-10;/h2-5,9,17H,6-8H2,1H3;1H. The molecule has 3 nitrogen and oxygen atoms in total. The van der Waals surface area contributed by atoms with Crippen molar-refractivity contribution in [3.05, 3.63) is 55.7 Å². The van der Waals surface area contributed by atoms with Crippen LogP contribution in [0.2, 0.25) is 0 Å². The molecule has 1 aromatic heterocycles. The zero-order valence-corrected chi connectivity index (χ0v) is 14.8. The van der Waals surface area contributed by atoms with Gasteiger partial charge < -0.3 is 10.2 Å². The third-order valence-electron chi connectivity index (χ3n) is 3.45. The van der Waals surface area contributed by atoms with E-state index in [1.165, 1.54) is 16.0 Å². The number of nitrogens with zero attached hydrogens (tertiary/aromatic N) is 1. The van der Waals surface area contributed by atoms with E-state index >= 15 is 0 Å². The number of hydrogen-bond acceptors (Lipinski definition) is 3. The van der Waals surface area contributed by atoms with Crippen LogP contribution in [-0.2, 0) is 19.6 Å². The predicted molar refractivity (Wildman–Crippen MR) is 92.1 cm³/mol. The lowest BCUT2D eigenvalue weighted by Gasteiger charge is -2.16. The maximum atomic E-state index is 12.5. The Bertz CT molecular complexity index is 659. The Morgan fingerprint density at radius 3 is 2.81 bits per heavy atom. The highest BCUT2D eigenvalue weighted by atomic mass is 79.9. The highest BCUT2D eigenvalue weighted by Gasteiger charge is 2.16. The third kappa shape index (κ3) is 3.66. The van der Waals surface area contributed by atoms with Crippen LogP contribution in [0.25, 0.3) is 0 Å². The fraction of sp³-hybridized carbons (Fsp3) is 0.267. The van der Waals surface area contributed by atoms with Crippen LogP contribution in [0, 0.1) is 0 Å². The van der Waals surface area contributed by atoms with Crippen LogP contribution in [0.5, 0.6) is 0 Å². The molecule has 0 saturated heterocycles. The summed E-state index contributed by atoms with van der Waals surface area (Å²) < 4.78 is 1.07. The average Bonchev–Trinajstić information content (AvgIpc) is 3.05. The van der Waals surface area contributed by atoms with Crippen LogP contribution in [-0.4, -0.2) is 17.9 Å². The first-order valence-electron chi connectivity index (χ1n) is 6.44. The van der Waals surface area contributed by atoms with Crippen LogP contribution in [0.1, 0.15) is 26.4 Å². The van der Waals surface area contributed by atoms with Gasteiger partial charge in [-0.25, -0.2) is 0 Å². The van der Waals surface area contributed by atoms with Crippen LogP contribution in [0.15, 0.2) is 34.1 Å². The maximum Gasteiger partial charge on any atom is 0.253 e. The van der Waals surface area contributed by atoms with Gasteiger partial charge in [0.15, 0.2) is 0 Å². The molecule has 1 aliphatic heterocycles. The van der Waals surface area contributed by atoms with E-state index in [2.05, 4.69) is 33.4 Å². The molecule has 1 aliphatic rings. The molecule has 6 heteroatoms. The van der Waals surface area contributed by atoms with E-state index in [0.717, 1.165) is 23.1 Å². The number of carbonyl (C=O) groups excluding carboxylic acids is 1. The van der Waals surface area contributed by atoms with Crippen molar-refractivity contribution in [2.24, 2.45) is 0 Å². The van der Waals surface area contributed by atoms with Crippen LogP contribution in [0.4, 0.5) is 0 Å². The fourth-order valence-electron chi connectivity index (χ4n) is 2.39. The number of benzene rings is 1. The van der Waals surface area contributed by atoms with Gasteiger partial charge in [0.2, 0.25) is 0 Å². The Morgan fingerprint density at radius 2 is 2.10 bits per heavy atom. The van der Waals surface area contributed by atoms with Gasteiger partial charge in [-0.2, -0.15) is 0 Å². The first kappa shape index (κ1) is 16.5. The summed E-state index contributed by atoms with van der Waals surface area (Å²) in [5.74, 6) is 0.0734. The van der Waals surface area contributed by atoms with Gasteiger partial charge in [-0.1, -0.05) is 6.07 Å². The lowest BCUT2D eigenvalue weighted by atomic mass is 10.1. The second-order valence-corrected chi connectivity index (χ2v) is 6.89. The fourth-order valence-corrected chi connectivity index (χ4v) is 3.89. The number of halogens is 2. The molecule has 0 radical (unpaired) electrons. The Balaban J connectivity index is 0.00000161. The van der Waals surface area contributed by atoms with Gasteiger partial charge in [-0.3, -0.25) is 4.79 Å².